The highest BCUT2D eigenvalue weighted by Crippen LogP contribution is 2.28. The Hall–Kier alpha value is -0.530. The standard InChI is InChI=1S/C19H38O2/c1-8-9-10-11-12-13-14-19(6,7)18(20)21-17(15(2)3)16(4)5/h15-17H,8-14H2,1-7H3. The van der Waals surface area contributed by atoms with Gasteiger partial charge in [-0.25, -0.2) is 0 Å². The second-order valence-electron chi connectivity index (χ2n) is 7.76. The van der Waals surface area contributed by atoms with Gasteiger partial charge in [-0.05, 0) is 32.1 Å². The predicted octanol–water partition coefficient (Wildman–Crippen LogP) is 5.99. The van der Waals surface area contributed by atoms with Crippen LogP contribution in [0.5, 0.6) is 0 Å². The Bertz CT molecular complexity index is 271. The van der Waals surface area contributed by atoms with Gasteiger partial charge < -0.3 is 4.74 Å². The third kappa shape index (κ3) is 8.48. The number of ether oxygens (including phenoxy) is 1. The number of rotatable bonds is 11. The van der Waals surface area contributed by atoms with Crippen LogP contribution in [0.2, 0.25) is 0 Å². The minimum Gasteiger partial charge on any atom is -0.461 e. The number of hydrogen-bond acceptors (Lipinski definition) is 2. The van der Waals surface area contributed by atoms with Crippen LogP contribution in [0, 0.1) is 17.3 Å². The third-order valence-corrected chi connectivity index (χ3v) is 4.27. The number of carbonyl (C=O) groups excluding carboxylic acids is 1. The van der Waals surface area contributed by atoms with Crippen LogP contribution in [-0.4, -0.2) is 12.1 Å². The Balaban J connectivity index is 4.19. The van der Waals surface area contributed by atoms with Crippen LogP contribution in [0.3, 0.4) is 0 Å². The van der Waals surface area contributed by atoms with Crippen LogP contribution in [0.15, 0.2) is 0 Å². The van der Waals surface area contributed by atoms with Crippen LogP contribution >= 0.6 is 0 Å². The molecule has 0 aromatic heterocycles. The summed E-state index contributed by atoms with van der Waals surface area (Å²) in [5, 5.41) is 0. The van der Waals surface area contributed by atoms with Crippen molar-refractivity contribution in [3.8, 4) is 0 Å². The fourth-order valence-electron chi connectivity index (χ4n) is 2.77. The molecule has 0 aliphatic heterocycles. The summed E-state index contributed by atoms with van der Waals surface area (Å²) in [4.78, 5) is 12.4. The molecule has 0 rings (SSSR count). The van der Waals surface area contributed by atoms with E-state index in [-0.39, 0.29) is 17.5 Å². The van der Waals surface area contributed by atoms with Gasteiger partial charge in [0.05, 0.1) is 5.41 Å². The zero-order valence-electron chi connectivity index (χ0n) is 15.5. The van der Waals surface area contributed by atoms with E-state index in [1.54, 1.807) is 0 Å². The van der Waals surface area contributed by atoms with E-state index >= 15 is 0 Å². The number of unbranched alkanes of at least 4 members (excludes halogenated alkanes) is 5. The molecule has 0 unspecified atom stereocenters. The van der Waals surface area contributed by atoms with Crippen molar-refractivity contribution in [1.29, 1.82) is 0 Å². The zero-order valence-corrected chi connectivity index (χ0v) is 15.5. The summed E-state index contributed by atoms with van der Waals surface area (Å²) in [5.74, 6) is 0.723. The first-order valence-corrected chi connectivity index (χ1v) is 8.93. The second-order valence-corrected chi connectivity index (χ2v) is 7.76. The first-order valence-electron chi connectivity index (χ1n) is 8.93. The first kappa shape index (κ1) is 20.5. The van der Waals surface area contributed by atoms with Gasteiger partial charge in [-0.3, -0.25) is 4.79 Å². The zero-order chi connectivity index (χ0) is 16.5. The monoisotopic (exact) mass is 298 g/mol. The summed E-state index contributed by atoms with van der Waals surface area (Å²) in [7, 11) is 0. The van der Waals surface area contributed by atoms with Gasteiger partial charge in [-0.2, -0.15) is 0 Å². The quantitative estimate of drug-likeness (QED) is 0.346. The minimum atomic E-state index is -0.354. The van der Waals surface area contributed by atoms with Gasteiger partial charge in [0.25, 0.3) is 0 Å². The molecule has 0 aliphatic carbocycles. The molecule has 2 nitrogen and oxygen atoms in total. The molecule has 21 heavy (non-hydrogen) atoms. The highest BCUT2D eigenvalue weighted by Gasteiger charge is 2.32. The normalized spacial score (nSPS) is 12.5. The predicted molar refractivity (Wildman–Crippen MR) is 91.3 cm³/mol. The Morgan fingerprint density at radius 3 is 1.86 bits per heavy atom. The van der Waals surface area contributed by atoms with Crippen molar-refractivity contribution in [3.63, 3.8) is 0 Å². The molecule has 0 aliphatic rings. The van der Waals surface area contributed by atoms with E-state index in [0.717, 1.165) is 12.8 Å². The van der Waals surface area contributed by atoms with E-state index in [4.69, 9.17) is 4.74 Å². The van der Waals surface area contributed by atoms with Crippen LogP contribution in [0.25, 0.3) is 0 Å². The van der Waals surface area contributed by atoms with Gasteiger partial charge in [-0.1, -0.05) is 73.1 Å². The topological polar surface area (TPSA) is 26.3 Å². The van der Waals surface area contributed by atoms with Crippen LogP contribution in [-0.2, 0) is 9.53 Å². The van der Waals surface area contributed by atoms with Crippen molar-refractivity contribution >= 4 is 5.97 Å². The van der Waals surface area contributed by atoms with Gasteiger partial charge in [0.2, 0.25) is 0 Å². The summed E-state index contributed by atoms with van der Waals surface area (Å²) >= 11 is 0. The van der Waals surface area contributed by atoms with Crippen LogP contribution in [0.1, 0.15) is 93.4 Å². The highest BCUT2D eigenvalue weighted by molar-refractivity contribution is 5.76. The third-order valence-electron chi connectivity index (χ3n) is 4.27. The molecule has 2 heteroatoms. The van der Waals surface area contributed by atoms with E-state index in [1.807, 2.05) is 13.8 Å². The van der Waals surface area contributed by atoms with Gasteiger partial charge in [0.15, 0.2) is 0 Å². The molecular weight excluding hydrogens is 260 g/mol. The van der Waals surface area contributed by atoms with Crippen molar-refractivity contribution in [3.05, 3.63) is 0 Å². The van der Waals surface area contributed by atoms with Gasteiger partial charge in [0.1, 0.15) is 6.10 Å². The Morgan fingerprint density at radius 2 is 1.38 bits per heavy atom. The Kier molecular flexibility index (Phi) is 9.98. The molecule has 0 spiro atoms. The molecule has 0 N–H and O–H groups in total. The summed E-state index contributed by atoms with van der Waals surface area (Å²) in [5.41, 5.74) is -0.354. The summed E-state index contributed by atoms with van der Waals surface area (Å²) < 4.78 is 5.79. The molecule has 0 aromatic carbocycles. The van der Waals surface area contributed by atoms with Crippen molar-refractivity contribution in [1.82, 2.24) is 0 Å². The maximum Gasteiger partial charge on any atom is 0.311 e. The van der Waals surface area contributed by atoms with E-state index in [9.17, 15) is 4.79 Å². The van der Waals surface area contributed by atoms with Crippen molar-refractivity contribution in [2.24, 2.45) is 17.3 Å². The maximum absolute atomic E-state index is 12.4. The van der Waals surface area contributed by atoms with Crippen molar-refractivity contribution < 1.29 is 9.53 Å². The molecule has 0 amide bonds. The molecule has 126 valence electrons. The number of hydrogen-bond donors (Lipinski definition) is 0. The molecule has 0 fully saturated rings. The molecule has 0 aromatic rings. The van der Waals surface area contributed by atoms with Gasteiger partial charge in [-0.15, -0.1) is 0 Å². The van der Waals surface area contributed by atoms with E-state index in [2.05, 4.69) is 34.6 Å². The SMILES string of the molecule is CCCCCCCCC(C)(C)C(=O)OC(C(C)C)C(C)C. The van der Waals surface area contributed by atoms with Gasteiger partial charge >= 0.3 is 5.97 Å². The molecule has 0 bridgehead atoms. The summed E-state index contributed by atoms with van der Waals surface area (Å²) in [6, 6.07) is 0. The van der Waals surface area contributed by atoms with Crippen molar-refractivity contribution in [2.75, 3.05) is 0 Å². The molecular formula is C19H38O2. The lowest BCUT2D eigenvalue weighted by Gasteiger charge is -2.30. The van der Waals surface area contributed by atoms with Crippen LogP contribution in [0.4, 0.5) is 0 Å². The van der Waals surface area contributed by atoms with Crippen LogP contribution < -0.4 is 0 Å². The molecule has 0 atom stereocenters. The lowest BCUT2D eigenvalue weighted by Crippen LogP contribution is -2.35. The second kappa shape index (κ2) is 10.2. The largest absolute Gasteiger partial charge is 0.461 e. The lowest BCUT2D eigenvalue weighted by molar-refractivity contribution is -0.165. The van der Waals surface area contributed by atoms with Crippen molar-refractivity contribution in [2.45, 2.75) is 99.5 Å². The fourth-order valence-corrected chi connectivity index (χ4v) is 2.77. The summed E-state index contributed by atoms with van der Waals surface area (Å²) in [6.07, 6.45) is 8.54. The number of esters is 1. The minimum absolute atomic E-state index is 0.0246. The lowest BCUT2D eigenvalue weighted by atomic mass is 9.86. The average molecular weight is 299 g/mol. The Morgan fingerprint density at radius 1 is 0.905 bits per heavy atom. The fraction of sp³-hybridized carbons (Fsp3) is 0.947. The molecule has 0 heterocycles. The molecule has 0 radical (unpaired) electrons. The number of carbonyl (C=O) groups is 1. The van der Waals surface area contributed by atoms with Gasteiger partial charge in [0, 0.05) is 0 Å². The van der Waals surface area contributed by atoms with E-state index in [1.165, 1.54) is 32.1 Å². The van der Waals surface area contributed by atoms with E-state index in [0.29, 0.717) is 11.8 Å². The molecule has 0 saturated heterocycles. The average Bonchev–Trinajstić information content (AvgIpc) is 2.38. The van der Waals surface area contributed by atoms with E-state index < -0.39 is 0 Å². The molecule has 0 saturated carbocycles. The summed E-state index contributed by atoms with van der Waals surface area (Å²) in [6.45, 7) is 14.8. The Labute approximate surface area is 133 Å². The highest BCUT2D eigenvalue weighted by atomic mass is 16.5. The maximum atomic E-state index is 12.4. The first-order chi connectivity index (χ1) is 9.72. The smallest absolute Gasteiger partial charge is 0.311 e.